The molecule has 0 aliphatic rings. The van der Waals surface area contributed by atoms with E-state index < -0.39 is 12.1 Å². The van der Waals surface area contributed by atoms with Crippen LogP contribution in [0.15, 0.2) is 58.2 Å². The van der Waals surface area contributed by atoms with Gasteiger partial charge in [-0.1, -0.05) is 59.2 Å². The molecule has 3 aromatic rings. The largest absolute Gasteiger partial charge is 0.471 e. The van der Waals surface area contributed by atoms with Crippen LogP contribution in [0.1, 0.15) is 34.3 Å². The molecule has 0 fully saturated rings. The molecule has 7 nitrogen and oxygen atoms in total. The summed E-state index contributed by atoms with van der Waals surface area (Å²) in [6.45, 7) is 4.56. The maximum Gasteiger partial charge on any atom is 0.471 e. The van der Waals surface area contributed by atoms with E-state index in [0.29, 0.717) is 24.3 Å². The van der Waals surface area contributed by atoms with E-state index in [4.69, 9.17) is 4.84 Å². The van der Waals surface area contributed by atoms with Crippen LogP contribution in [0.4, 0.5) is 13.2 Å². The van der Waals surface area contributed by atoms with Crippen molar-refractivity contribution in [1.82, 2.24) is 15.5 Å². The zero-order valence-electron chi connectivity index (χ0n) is 17.4. The summed E-state index contributed by atoms with van der Waals surface area (Å²) in [6, 6.07) is 13.8. The van der Waals surface area contributed by atoms with Gasteiger partial charge < -0.3 is 14.7 Å². The summed E-state index contributed by atoms with van der Waals surface area (Å²) in [5, 5.41) is 10.00. The van der Waals surface area contributed by atoms with Crippen LogP contribution in [0.2, 0.25) is 0 Å². The lowest BCUT2D eigenvalue weighted by molar-refractivity contribution is -0.159. The summed E-state index contributed by atoms with van der Waals surface area (Å²) in [6.07, 6.45) is -3.11. The Labute approximate surface area is 182 Å². The predicted octanol–water partition coefficient (Wildman–Crippen LogP) is 4.63. The number of aryl methyl sites for hydroxylation is 1. The minimum absolute atomic E-state index is 0.0728. The number of carbonyl (C=O) groups is 1. The second-order valence-corrected chi connectivity index (χ2v) is 7.20. The quantitative estimate of drug-likeness (QED) is 0.403. The van der Waals surface area contributed by atoms with Gasteiger partial charge in [-0.05, 0) is 24.6 Å². The molecule has 1 amide bonds. The molecule has 1 aromatic heterocycles. The Morgan fingerprint density at radius 1 is 1.19 bits per heavy atom. The van der Waals surface area contributed by atoms with Gasteiger partial charge in [0.2, 0.25) is 5.82 Å². The van der Waals surface area contributed by atoms with E-state index in [9.17, 15) is 18.0 Å². The van der Waals surface area contributed by atoms with E-state index in [1.807, 2.05) is 38.1 Å². The fourth-order valence-electron chi connectivity index (χ4n) is 2.58. The fraction of sp³-hybridized carbons (Fsp3) is 0.273. The van der Waals surface area contributed by atoms with E-state index >= 15 is 0 Å². The first kappa shape index (κ1) is 23.0. The third kappa shape index (κ3) is 6.40. The van der Waals surface area contributed by atoms with Gasteiger partial charge in [0, 0.05) is 29.8 Å². The number of halogens is 3. The van der Waals surface area contributed by atoms with Crippen molar-refractivity contribution in [2.24, 2.45) is 11.1 Å². The van der Waals surface area contributed by atoms with Crippen LogP contribution in [-0.4, -0.2) is 28.8 Å². The number of alkyl halides is 3. The van der Waals surface area contributed by atoms with Gasteiger partial charge in [0.05, 0.1) is 0 Å². The Morgan fingerprint density at radius 2 is 1.88 bits per heavy atom. The van der Waals surface area contributed by atoms with Crippen molar-refractivity contribution in [2.75, 3.05) is 6.54 Å². The van der Waals surface area contributed by atoms with Crippen LogP contribution < -0.4 is 5.32 Å². The van der Waals surface area contributed by atoms with Crippen LogP contribution in [0.25, 0.3) is 11.4 Å². The van der Waals surface area contributed by atoms with Gasteiger partial charge in [-0.15, -0.1) is 0 Å². The first-order chi connectivity index (χ1) is 15.2. The highest BCUT2D eigenvalue weighted by atomic mass is 19.4. The van der Waals surface area contributed by atoms with Crippen molar-refractivity contribution in [3.8, 4) is 11.4 Å². The third-order valence-corrected chi connectivity index (χ3v) is 4.40. The molecule has 0 saturated carbocycles. The van der Waals surface area contributed by atoms with Gasteiger partial charge in [0.15, 0.2) is 0 Å². The highest BCUT2D eigenvalue weighted by Gasteiger charge is 2.38. The molecule has 1 atom stereocenters. The number of rotatable bonds is 8. The monoisotopic (exact) mass is 446 g/mol. The van der Waals surface area contributed by atoms with Crippen molar-refractivity contribution >= 4 is 12.1 Å². The summed E-state index contributed by atoms with van der Waals surface area (Å²) in [4.78, 5) is 20.9. The minimum atomic E-state index is -4.71. The van der Waals surface area contributed by atoms with Crippen LogP contribution in [-0.2, 0) is 17.6 Å². The molecule has 0 spiro atoms. The van der Waals surface area contributed by atoms with Crippen molar-refractivity contribution in [3.63, 3.8) is 0 Å². The molecular weight excluding hydrogens is 425 g/mol. The lowest BCUT2D eigenvalue weighted by atomic mass is 10.1. The second-order valence-electron chi connectivity index (χ2n) is 7.20. The molecule has 3 rings (SSSR count). The van der Waals surface area contributed by atoms with Gasteiger partial charge in [-0.3, -0.25) is 4.79 Å². The number of hydrogen-bond acceptors (Lipinski definition) is 6. The van der Waals surface area contributed by atoms with E-state index in [1.165, 1.54) is 29.8 Å². The lowest BCUT2D eigenvalue weighted by Crippen LogP contribution is -2.28. The summed E-state index contributed by atoms with van der Waals surface area (Å²) >= 11 is 0. The topological polar surface area (TPSA) is 89.6 Å². The number of carbonyl (C=O) groups excluding carboxylic acids is 1. The lowest BCUT2D eigenvalue weighted by Gasteiger charge is -2.08. The normalized spacial score (nSPS) is 12.7. The maximum atomic E-state index is 12.6. The Hall–Kier alpha value is -3.69. The van der Waals surface area contributed by atoms with Crippen molar-refractivity contribution in [2.45, 2.75) is 26.6 Å². The molecule has 1 heterocycles. The van der Waals surface area contributed by atoms with Gasteiger partial charge in [0.25, 0.3) is 5.91 Å². The SMILES string of the molecule is Cc1ccc(CON=CC(C)CNC(=O)c2ccc(-c3noc(C(F)(F)F)n3)cc2)cc1. The third-order valence-electron chi connectivity index (χ3n) is 4.40. The number of aromatic nitrogens is 2. The first-order valence-corrected chi connectivity index (χ1v) is 9.73. The maximum absolute atomic E-state index is 12.6. The molecule has 32 heavy (non-hydrogen) atoms. The summed E-state index contributed by atoms with van der Waals surface area (Å²) < 4.78 is 41.9. The van der Waals surface area contributed by atoms with E-state index in [2.05, 4.69) is 25.1 Å². The standard InChI is InChI=1S/C22H21F3N4O3/c1-14-3-5-16(6-4-14)13-31-27-12-15(2)11-26-20(30)18-9-7-17(8-10-18)19-28-21(32-29-19)22(23,24)25/h3-10,12,15H,11,13H2,1-2H3,(H,26,30). The Balaban J connectivity index is 1.46. The highest BCUT2D eigenvalue weighted by Crippen LogP contribution is 2.29. The van der Waals surface area contributed by atoms with Gasteiger partial charge in [0.1, 0.15) is 6.61 Å². The average molecular weight is 446 g/mol. The van der Waals surface area contributed by atoms with Crippen LogP contribution in [0.3, 0.4) is 0 Å². The summed E-state index contributed by atoms with van der Waals surface area (Å²) in [7, 11) is 0. The minimum Gasteiger partial charge on any atom is -0.391 e. The first-order valence-electron chi connectivity index (χ1n) is 9.73. The zero-order chi connectivity index (χ0) is 23.1. The predicted molar refractivity (Wildman–Crippen MR) is 111 cm³/mol. The number of hydrogen-bond donors (Lipinski definition) is 1. The molecule has 168 valence electrons. The van der Waals surface area contributed by atoms with E-state index in [1.54, 1.807) is 6.21 Å². The van der Waals surface area contributed by atoms with Crippen LogP contribution in [0.5, 0.6) is 0 Å². The van der Waals surface area contributed by atoms with Crippen LogP contribution >= 0.6 is 0 Å². The highest BCUT2D eigenvalue weighted by molar-refractivity contribution is 5.94. The molecule has 0 bridgehead atoms. The summed E-state index contributed by atoms with van der Waals surface area (Å²) in [5.41, 5.74) is 2.81. The smallest absolute Gasteiger partial charge is 0.391 e. The van der Waals surface area contributed by atoms with Gasteiger partial charge in [-0.25, -0.2) is 0 Å². The molecule has 0 aliphatic carbocycles. The average Bonchev–Trinajstić information content (AvgIpc) is 3.27. The number of oxime groups is 1. The van der Waals surface area contributed by atoms with Crippen molar-refractivity contribution in [1.29, 1.82) is 0 Å². The Kier molecular flexibility index (Phi) is 7.24. The van der Waals surface area contributed by atoms with Crippen LogP contribution in [0, 0.1) is 12.8 Å². The number of amides is 1. The summed E-state index contributed by atoms with van der Waals surface area (Å²) in [5.74, 6) is -2.04. The molecule has 0 aliphatic heterocycles. The Bertz CT molecular complexity index is 1060. The molecule has 0 radical (unpaired) electrons. The van der Waals surface area contributed by atoms with Gasteiger partial charge >= 0.3 is 12.1 Å². The molecule has 2 aromatic carbocycles. The van der Waals surface area contributed by atoms with E-state index in [0.717, 1.165) is 5.56 Å². The number of nitrogens with zero attached hydrogens (tertiary/aromatic N) is 3. The Morgan fingerprint density at radius 3 is 2.50 bits per heavy atom. The second kappa shape index (κ2) is 10.1. The number of benzene rings is 2. The molecular formula is C22H21F3N4O3. The fourth-order valence-corrected chi connectivity index (χ4v) is 2.58. The van der Waals surface area contributed by atoms with Crippen molar-refractivity contribution < 1.29 is 27.3 Å². The van der Waals surface area contributed by atoms with E-state index in [-0.39, 0.29) is 17.6 Å². The number of nitrogens with one attached hydrogen (secondary N) is 1. The molecule has 0 saturated heterocycles. The zero-order valence-corrected chi connectivity index (χ0v) is 17.4. The molecule has 10 heteroatoms. The van der Waals surface area contributed by atoms with Crippen molar-refractivity contribution in [3.05, 3.63) is 71.1 Å². The molecule has 1 unspecified atom stereocenters. The van der Waals surface area contributed by atoms with Gasteiger partial charge in [-0.2, -0.15) is 18.2 Å². The molecule has 1 N–H and O–H groups in total.